The summed E-state index contributed by atoms with van der Waals surface area (Å²) in [6.07, 6.45) is -7.44. The maximum Gasteiger partial charge on any atom is 0.527 e. The summed E-state index contributed by atoms with van der Waals surface area (Å²) >= 11 is 0. The second-order valence-electron chi connectivity index (χ2n) is 9.69. The third-order valence-corrected chi connectivity index (χ3v) is 6.78. The lowest BCUT2D eigenvalue weighted by Gasteiger charge is -2.29. The first kappa shape index (κ1) is 31.5. The minimum Gasteiger partial charge on any atom is -0.373 e. The number of halogens is 11. The Morgan fingerprint density at radius 2 is 1.21 bits per heavy atom. The van der Waals surface area contributed by atoms with E-state index < -0.39 is 81.3 Å². The van der Waals surface area contributed by atoms with Crippen molar-refractivity contribution in [3.05, 3.63) is 95.1 Å². The topological polar surface area (TPSA) is 18.5 Å². The van der Waals surface area contributed by atoms with E-state index in [0.29, 0.717) is 25.2 Å². The van der Waals surface area contributed by atoms with E-state index in [9.17, 15) is 39.5 Å². The molecule has 1 heterocycles. The number of ether oxygens (including phenoxy) is 2. The van der Waals surface area contributed by atoms with Gasteiger partial charge in [0, 0.05) is 0 Å². The second-order valence-corrected chi connectivity index (χ2v) is 9.69. The minimum atomic E-state index is -5.98. The SMILES string of the molecule is C=CCCC1CCC(c2cc(F)c(-c3cc(F)c(-c4cc(F)c(C(F)(F)OC(F)(F)F)c(F)c4)c(F)c3)c(F)c2)OC1. The Bertz CT molecular complexity index is 1410. The predicted octanol–water partition coefficient (Wildman–Crippen LogP) is 9.87. The molecule has 0 aromatic heterocycles. The molecule has 1 fully saturated rings. The van der Waals surface area contributed by atoms with Gasteiger partial charge < -0.3 is 4.74 Å². The third kappa shape index (κ3) is 6.78. The highest BCUT2D eigenvalue weighted by Crippen LogP contribution is 2.42. The van der Waals surface area contributed by atoms with E-state index in [1.807, 2.05) is 0 Å². The Morgan fingerprint density at radius 1 is 0.738 bits per heavy atom. The summed E-state index contributed by atoms with van der Waals surface area (Å²) in [5.74, 6) is -9.89. The van der Waals surface area contributed by atoms with Gasteiger partial charge in [-0.1, -0.05) is 6.08 Å². The van der Waals surface area contributed by atoms with Gasteiger partial charge in [0.05, 0.1) is 23.8 Å². The zero-order valence-electron chi connectivity index (χ0n) is 21.4. The quantitative estimate of drug-likeness (QED) is 0.187. The highest BCUT2D eigenvalue weighted by Gasteiger charge is 2.49. The van der Waals surface area contributed by atoms with Crippen LogP contribution in [0.5, 0.6) is 0 Å². The fourth-order valence-electron chi connectivity index (χ4n) is 4.89. The summed E-state index contributed by atoms with van der Waals surface area (Å²) in [5, 5.41) is 0. The van der Waals surface area contributed by atoms with E-state index in [4.69, 9.17) is 4.74 Å². The summed E-state index contributed by atoms with van der Waals surface area (Å²) in [6.45, 7) is 4.03. The molecule has 226 valence electrons. The molecule has 2 unspecified atom stereocenters. The van der Waals surface area contributed by atoms with E-state index >= 15 is 8.78 Å². The molecule has 0 amide bonds. The Balaban J connectivity index is 1.64. The first-order chi connectivity index (χ1) is 19.6. The molecule has 2 atom stereocenters. The van der Waals surface area contributed by atoms with Gasteiger partial charge >= 0.3 is 12.5 Å². The molecule has 0 saturated carbocycles. The number of benzene rings is 3. The van der Waals surface area contributed by atoms with Gasteiger partial charge in [-0.25, -0.2) is 31.1 Å². The molecular formula is C29H21F11O2. The Hall–Kier alpha value is -3.45. The Kier molecular flexibility index (Phi) is 9.02. The standard InChI is InChI=1S/C29H21F11O2/c1-2-3-4-14-5-6-24(41-13-14)15-7-18(30)25(19(31)8-15)16-9-20(32)26(21(33)10-16)17-11-22(34)27(23(35)12-17)28(36,37)42-29(38,39)40/h2,7-12,14,24H,1,3-6,13H2. The zero-order chi connectivity index (χ0) is 31.0. The average molecular weight is 610 g/mol. The molecular weight excluding hydrogens is 589 g/mol. The highest BCUT2D eigenvalue weighted by molar-refractivity contribution is 5.73. The molecule has 2 nitrogen and oxygen atoms in total. The molecule has 0 N–H and O–H groups in total. The van der Waals surface area contributed by atoms with Crippen LogP contribution < -0.4 is 0 Å². The van der Waals surface area contributed by atoms with Gasteiger partial charge in [0.25, 0.3) is 0 Å². The summed E-state index contributed by atoms with van der Waals surface area (Å²) in [6, 6.07) is 2.76. The van der Waals surface area contributed by atoms with Gasteiger partial charge in [-0.05, 0) is 84.7 Å². The number of hydrogen-bond donors (Lipinski definition) is 0. The first-order valence-corrected chi connectivity index (χ1v) is 12.5. The smallest absolute Gasteiger partial charge is 0.373 e. The number of alkyl halides is 5. The van der Waals surface area contributed by atoms with E-state index in [0.717, 1.165) is 31.4 Å². The van der Waals surface area contributed by atoms with Crippen LogP contribution in [-0.4, -0.2) is 13.0 Å². The van der Waals surface area contributed by atoms with Gasteiger partial charge in [-0.15, -0.1) is 19.8 Å². The molecule has 1 aliphatic rings. The number of allylic oxidation sites excluding steroid dienone is 1. The highest BCUT2D eigenvalue weighted by atomic mass is 19.4. The van der Waals surface area contributed by atoms with Crippen molar-refractivity contribution in [2.45, 2.75) is 44.3 Å². The normalized spacial score (nSPS) is 17.9. The van der Waals surface area contributed by atoms with Gasteiger partial charge in [0.15, 0.2) is 0 Å². The second kappa shape index (κ2) is 12.0. The predicted molar refractivity (Wildman–Crippen MR) is 129 cm³/mol. The van der Waals surface area contributed by atoms with Crippen LogP contribution in [0.15, 0.2) is 49.1 Å². The zero-order valence-corrected chi connectivity index (χ0v) is 21.4. The molecule has 1 aliphatic heterocycles. The number of hydrogen-bond acceptors (Lipinski definition) is 2. The van der Waals surface area contributed by atoms with Gasteiger partial charge in [-0.3, -0.25) is 0 Å². The fourth-order valence-corrected chi connectivity index (χ4v) is 4.89. The summed E-state index contributed by atoms with van der Waals surface area (Å²) in [4.78, 5) is 0. The van der Waals surface area contributed by atoms with Gasteiger partial charge in [0.2, 0.25) is 0 Å². The van der Waals surface area contributed by atoms with Crippen LogP contribution in [0.3, 0.4) is 0 Å². The average Bonchev–Trinajstić information content (AvgIpc) is 2.85. The molecule has 4 rings (SSSR count). The van der Waals surface area contributed by atoms with E-state index in [2.05, 4.69) is 11.3 Å². The maximum atomic E-state index is 15.0. The van der Waals surface area contributed by atoms with Crippen LogP contribution in [0.25, 0.3) is 22.3 Å². The lowest BCUT2D eigenvalue weighted by molar-refractivity contribution is -0.432. The summed E-state index contributed by atoms with van der Waals surface area (Å²) in [5.41, 5.74) is -5.94. The monoisotopic (exact) mass is 610 g/mol. The molecule has 13 heteroatoms. The van der Waals surface area contributed by atoms with Crippen molar-refractivity contribution in [2.75, 3.05) is 6.61 Å². The van der Waals surface area contributed by atoms with Crippen molar-refractivity contribution in [3.8, 4) is 22.3 Å². The first-order valence-electron chi connectivity index (χ1n) is 12.5. The van der Waals surface area contributed by atoms with Gasteiger partial charge in [-0.2, -0.15) is 8.78 Å². The summed E-state index contributed by atoms with van der Waals surface area (Å²) in [7, 11) is 0. The van der Waals surface area contributed by atoms with Crippen molar-refractivity contribution < 1.29 is 57.8 Å². The van der Waals surface area contributed by atoms with Crippen molar-refractivity contribution in [1.29, 1.82) is 0 Å². The molecule has 0 bridgehead atoms. The van der Waals surface area contributed by atoms with Crippen LogP contribution in [0.4, 0.5) is 48.3 Å². The molecule has 3 aromatic carbocycles. The lowest BCUT2D eigenvalue weighted by Crippen LogP contribution is -2.29. The van der Waals surface area contributed by atoms with Gasteiger partial charge in [0.1, 0.15) is 40.5 Å². The van der Waals surface area contributed by atoms with E-state index in [1.165, 1.54) is 0 Å². The van der Waals surface area contributed by atoms with Crippen molar-refractivity contribution in [1.82, 2.24) is 0 Å². The molecule has 1 saturated heterocycles. The molecule has 0 spiro atoms. The van der Waals surface area contributed by atoms with E-state index in [-0.39, 0.29) is 23.6 Å². The van der Waals surface area contributed by atoms with Crippen molar-refractivity contribution in [2.24, 2.45) is 5.92 Å². The third-order valence-electron chi connectivity index (χ3n) is 6.78. The summed E-state index contributed by atoms with van der Waals surface area (Å²) < 4.78 is 161. The fraction of sp³-hybridized carbons (Fsp3) is 0.310. The lowest BCUT2D eigenvalue weighted by atomic mass is 9.90. The maximum absolute atomic E-state index is 15.0. The molecule has 0 radical (unpaired) electrons. The van der Waals surface area contributed by atoms with Crippen LogP contribution in [0.2, 0.25) is 0 Å². The molecule has 42 heavy (non-hydrogen) atoms. The van der Waals surface area contributed by atoms with Crippen LogP contribution >= 0.6 is 0 Å². The molecule has 3 aromatic rings. The van der Waals surface area contributed by atoms with Crippen molar-refractivity contribution >= 4 is 0 Å². The molecule has 0 aliphatic carbocycles. The van der Waals surface area contributed by atoms with Crippen LogP contribution in [-0.2, 0) is 15.6 Å². The Morgan fingerprint density at radius 3 is 1.64 bits per heavy atom. The van der Waals surface area contributed by atoms with Crippen molar-refractivity contribution in [3.63, 3.8) is 0 Å². The van der Waals surface area contributed by atoms with Crippen LogP contribution in [0, 0.1) is 40.8 Å². The van der Waals surface area contributed by atoms with E-state index in [1.54, 1.807) is 6.08 Å². The largest absolute Gasteiger partial charge is 0.527 e. The van der Waals surface area contributed by atoms with Crippen LogP contribution in [0.1, 0.15) is 42.9 Å². The Labute approximate surface area is 232 Å². The number of rotatable bonds is 8. The minimum absolute atomic E-state index is 0.0324.